The van der Waals surface area contributed by atoms with Crippen LogP contribution in [0.4, 0.5) is 0 Å². The zero-order valence-corrected chi connectivity index (χ0v) is 10.7. The molecule has 1 rings (SSSR count). The molecule has 0 heterocycles. The van der Waals surface area contributed by atoms with Crippen LogP contribution in [0.1, 0.15) is 26.7 Å². The number of rotatable bonds is 8. The Kier molecular flexibility index (Phi) is 5.03. The highest BCUT2D eigenvalue weighted by atomic mass is 16.5. The molecule has 0 saturated heterocycles. The smallest absolute Gasteiger partial charge is 0.0589 e. The Bertz CT molecular complexity index is 180. The molecule has 3 nitrogen and oxygen atoms in total. The summed E-state index contributed by atoms with van der Waals surface area (Å²) in [6.45, 7) is 8.70. The van der Waals surface area contributed by atoms with Gasteiger partial charge in [0.1, 0.15) is 0 Å². The zero-order chi connectivity index (χ0) is 11.3. The molecule has 0 aromatic rings. The van der Waals surface area contributed by atoms with Crippen LogP contribution in [0.2, 0.25) is 0 Å². The summed E-state index contributed by atoms with van der Waals surface area (Å²) in [6, 6.07) is 0.660. The minimum absolute atomic E-state index is 0.588. The number of nitrogens with one attached hydrogen (secondary N) is 1. The average Bonchev–Trinajstić information content (AvgIpc) is 2.94. The van der Waals surface area contributed by atoms with Gasteiger partial charge in [-0.2, -0.15) is 0 Å². The minimum Gasteiger partial charge on any atom is -0.383 e. The third-order valence-electron chi connectivity index (χ3n) is 3.71. The van der Waals surface area contributed by atoms with E-state index in [1.807, 2.05) is 0 Å². The molecule has 1 atom stereocenters. The van der Waals surface area contributed by atoms with Gasteiger partial charge in [0.15, 0.2) is 0 Å². The van der Waals surface area contributed by atoms with E-state index >= 15 is 0 Å². The SMILES string of the molecule is COCCN(C)CCNC(C)C1(C)CC1. The number of hydrogen-bond acceptors (Lipinski definition) is 3. The monoisotopic (exact) mass is 214 g/mol. The molecule has 1 N–H and O–H groups in total. The fourth-order valence-electron chi connectivity index (χ4n) is 1.71. The van der Waals surface area contributed by atoms with Crippen LogP contribution >= 0.6 is 0 Å². The van der Waals surface area contributed by atoms with Crippen LogP contribution < -0.4 is 5.32 Å². The highest BCUT2D eigenvalue weighted by Crippen LogP contribution is 2.47. The standard InChI is InChI=1S/C12H26N2O/c1-11(12(2)5-6-12)13-7-8-14(3)9-10-15-4/h11,13H,5-10H2,1-4H3. The molecule has 15 heavy (non-hydrogen) atoms. The van der Waals surface area contributed by atoms with Crippen molar-refractivity contribution in [3.05, 3.63) is 0 Å². The fourth-order valence-corrected chi connectivity index (χ4v) is 1.71. The number of nitrogens with zero attached hydrogens (tertiary/aromatic N) is 1. The summed E-state index contributed by atoms with van der Waals surface area (Å²) in [6.07, 6.45) is 2.78. The Balaban J connectivity index is 2.00. The van der Waals surface area contributed by atoms with Crippen molar-refractivity contribution in [2.75, 3.05) is 40.4 Å². The van der Waals surface area contributed by atoms with Gasteiger partial charge in [0.25, 0.3) is 0 Å². The van der Waals surface area contributed by atoms with Gasteiger partial charge >= 0.3 is 0 Å². The highest BCUT2D eigenvalue weighted by Gasteiger charge is 2.41. The molecule has 3 heteroatoms. The Morgan fingerprint density at radius 3 is 2.60 bits per heavy atom. The van der Waals surface area contributed by atoms with Gasteiger partial charge in [-0.15, -0.1) is 0 Å². The Hall–Kier alpha value is -0.120. The Morgan fingerprint density at radius 2 is 2.07 bits per heavy atom. The summed E-state index contributed by atoms with van der Waals surface area (Å²) < 4.78 is 5.04. The topological polar surface area (TPSA) is 24.5 Å². The van der Waals surface area contributed by atoms with Crippen LogP contribution in [0, 0.1) is 5.41 Å². The van der Waals surface area contributed by atoms with Crippen molar-refractivity contribution in [3.63, 3.8) is 0 Å². The summed E-state index contributed by atoms with van der Waals surface area (Å²) in [4.78, 5) is 2.30. The largest absolute Gasteiger partial charge is 0.383 e. The van der Waals surface area contributed by atoms with E-state index in [0.29, 0.717) is 11.5 Å². The minimum atomic E-state index is 0.588. The van der Waals surface area contributed by atoms with Crippen molar-refractivity contribution in [3.8, 4) is 0 Å². The van der Waals surface area contributed by atoms with Crippen LogP contribution in [0.15, 0.2) is 0 Å². The van der Waals surface area contributed by atoms with E-state index in [2.05, 4.69) is 31.1 Å². The van der Waals surface area contributed by atoms with E-state index in [4.69, 9.17) is 4.74 Å². The predicted octanol–water partition coefficient (Wildman–Crippen LogP) is 1.34. The molecule has 0 amide bonds. The molecule has 0 bridgehead atoms. The molecule has 1 saturated carbocycles. The summed E-state index contributed by atoms with van der Waals surface area (Å²) in [5.74, 6) is 0. The lowest BCUT2D eigenvalue weighted by Crippen LogP contribution is -2.39. The zero-order valence-electron chi connectivity index (χ0n) is 10.7. The van der Waals surface area contributed by atoms with E-state index in [1.165, 1.54) is 12.8 Å². The normalized spacial score (nSPS) is 20.6. The maximum Gasteiger partial charge on any atom is 0.0589 e. The van der Waals surface area contributed by atoms with Gasteiger partial charge < -0.3 is 15.0 Å². The van der Waals surface area contributed by atoms with Crippen LogP contribution in [-0.2, 0) is 4.74 Å². The molecule has 1 unspecified atom stereocenters. The third-order valence-corrected chi connectivity index (χ3v) is 3.71. The highest BCUT2D eigenvalue weighted by molar-refractivity contribution is 4.96. The number of likely N-dealkylation sites (N-methyl/N-ethyl adjacent to an activating group) is 1. The van der Waals surface area contributed by atoms with Gasteiger partial charge in [-0.3, -0.25) is 0 Å². The van der Waals surface area contributed by atoms with Crippen LogP contribution in [0.3, 0.4) is 0 Å². The van der Waals surface area contributed by atoms with Crippen molar-refractivity contribution in [1.29, 1.82) is 0 Å². The molecule has 0 aromatic heterocycles. The van der Waals surface area contributed by atoms with Gasteiger partial charge in [0.2, 0.25) is 0 Å². The second-order valence-electron chi connectivity index (χ2n) is 5.13. The van der Waals surface area contributed by atoms with Crippen molar-refractivity contribution in [1.82, 2.24) is 10.2 Å². The summed E-state index contributed by atoms with van der Waals surface area (Å²) in [7, 11) is 3.90. The lowest BCUT2D eigenvalue weighted by molar-refractivity contribution is 0.160. The fraction of sp³-hybridized carbons (Fsp3) is 1.00. The quantitative estimate of drug-likeness (QED) is 0.660. The molecule has 0 spiro atoms. The van der Waals surface area contributed by atoms with E-state index in [9.17, 15) is 0 Å². The average molecular weight is 214 g/mol. The summed E-state index contributed by atoms with van der Waals surface area (Å²) in [5, 5.41) is 3.61. The van der Waals surface area contributed by atoms with Gasteiger partial charge in [-0.25, -0.2) is 0 Å². The molecule has 1 fully saturated rings. The van der Waals surface area contributed by atoms with Crippen LogP contribution in [0.25, 0.3) is 0 Å². The van der Waals surface area contributed by atoms with Crippen molar-refractivity contribution < 1.29 is 4.74 Å². The molecule has 0 aliphatic heterocycles. The number of ether oxygens (including phenoxy) is 1. The lowest BCUT2D eigenvalue weighted by atomic mass is 10.0. The predicted molar refractivity (Wildman–Crippen MR) is 64.2 cm³/mol. The van der Waals surface area contributed by atoms with Crippen molar-refractivity contribution in [2.24, 2.45) is 5.41 Å². The lowest BCUT2D eigenvalue weighted by Gasteiger charge is -2.22. The first-order valence-corrected chi connectivity index (χ1v) is 5.99. The van der Waals surface area contributed by atoms with Crippen LogP contribution in [-0.4, -0.2) is 51.3 Å². The van der Waals surface area contributed by atoms with Gasteiger partial charge in [0, 0.05) is 32.8 Å². The molecule has 1 aliphatic rings. The first-order chi connectivity index (χ1) is 7.08. The van der Waals surface area contributed by atoms with Crippen molar-refractivity contribution in [2.45, 2.75) is 32.7 Å². The van der Waals surface area contributed by atoms with E-state index < -0.39 is 0 Å². The third kappa shape index (κ3) is 4.49. The van der Waals surface area contributed by atoms with E-state index in [1.54, 1.807) is 7.11 Å². The Labute approximate surface area is 94.2 Å². The molecular weight excluding hydrogens is 188 g/mol. The van der Waals surface area contributed by atoms with E-state index in [-0.39, 0.29) is 0 Å². The first kappa shape index (κ1) is 12.9. The summed E-state index contributed by atoms with van der Waals surface area (Å²) in [5.41, 5.74) is 0.588. The second kappa shape index (κ2) is 5.83. The van der Waals surface area contributed by atoms with E-state index in [0.717, 1.165) is 26.2 Å². The Morgan fingerprint density at radius 1 is 1.40 bits per heavy atom. The number of hydrogen-bond donors (Lipinski definition) is 1. The van der Waals surface area contributed by atoms with Gasteiger partial charge in [0.05, 0.1) is 6.61 Å². The maximum absolute atomic E-state index is 5.04. The van der Waals surface area contributed by atoms with Crippen molar-refractivity contribution >= 4 is 0 Å². The second-order valence-corrected chi connectivity index (χ2v) is 5.13. The number of methoxy groups -OCH3 is 1. The maximum atomic E-state index is 5.04. The molecule has 90 valence electrons. The van der Waals surface area contributed by atoms with Gasteiger partial charge in [-0.05, 0) is 32.2 Å². The molecule has 0 radical (unpaired) electrons. The molecule has 1 aliphatic carbocycles. The van der Waals surface area contributed by atoms with Crippen LogP contribution in [0.5, 0.6) is 0 Å². The molecule has 0 aromatic carbocycles. The first-order valence-electron chi connectivity index (χ1n) is 5.99. The molecular formula is C12H26N2O. The summed E-state index contributed by atoms with van der Waals surface area (Å²) >= 11 is 0. The van der Waals surface area contributed by atoms with Gasteiger partial charge in [-0.1, -0.05) is 6.92 Å².